The van der Waals surface area contributed by atoms with Crippen LogP contribution < -0.4 is 10.1 Å². The number of halogens is 4. The summed E-state index contributed by atoms with van der Waals surface area (Å²) in [5.41, 5.74) is 0.720. The minimum Gasteiger partial charge on any atom is -0.406 e. The molecule has 1 N–H and O–H groups in total. The molecule has 0 unspecified atom stereocenters. The highest BCUT2D eigenvalue weighted by Crippen LogP contribution is 2.25. The fraction of sp³-hybridized carbons (Fsp3) is 0.0625. The number of nitrogens with zero attached hydrogens (tertiary/aromatic N) is 1. The molecule has 2 aromatic carbocycles. The topological polar surface area (TPSA) is 34.1 Å². The fourth-order valence-electron chi connectivity index (χ4n) is 2.07. The van der Waals surface area contributed by atoms with E-state index in [1.807, 2.05) is 0 Å². The van der Waals surface area contributed by atoms with Gasteiger partial charge in [-0.1, -0.05) is 12.1 Å². The van der Waals surface area contributed by atoms with Crippen molar-refractivity contribution >= 4 is 22.4 Å². The molecular formula is C16H10F4N2O. The van der Waals surface area contributed by atoms with Crippen molar-refractivity contribution in [3.63, 3.8) is 0 Å². The fourth-order valence-corrected chi connectivity index (χ4v) is 2.07. The zero-order valence-electron chi connectivity index (χ0n) is 11.6. The van der Waals surface area contributed by atoms with Gasteiger partial charge in [-0.25, -0.2) is 9.37 Å². The number of fused-ring (bicyclic) bond motifs is 1. The van der Waals surface area contributed by atoms with Gasteiger partial charge in [0.15, 0.2) is 0 Å². The summed E-state index contributed by atoms with van der Waals surface area (Å²) in [7, 11) is 0. The van der Waals surface area contributed by atoms with Crippen molar-refractivity contribution in [2.75, 3.05) is 5.32 Å². The molecule has 3 rings (SSSR count). The zero-order chi connectivity index (χ0) is 16.4. The van der Waals surface area contributed by atoms with Gasteiger partial charge in [0.2, 0.25) is 0 Å². The second-order valence-electron chi connectivity index (χ2n) is 4.71. The highest BCUT2D eigenvalue weighted by Gasteiger charge is 2.30. The number of pyridine rings is 1. The van der Waals surface area contributed by atoms with Crippen LogP contribution >= 0.6 is 0 Å². The van der Waals surface area contributed by atoms with Crippen molar-refractivity contribution in [3.05, 3.63) is 60.4 Å². The second-order valence-corrected chi connectivity index (χ2v) is 4.71. The van der Waals surface area contributed by atoms with E-state index in [0.717, 1.165) is 0 Å². The van der Waals surface area contributed by atoms with Crippen molar-refractivity contribution in [1.29, 1.82) is 0 Å². The number of para-hydroxylation sites is 1. The van der Waals surface area contributed by atoms with Crippen LogP contribution in [0, 0.1) is 5.82 Å². The SMILES string of the molecule is Fc1cccc2ccc(Nc3ccc(OC(F)(F)F)cc3)nc12. The quantitative estimate of drug-likeness (QED) is 0.688. The Labute approximate surface area is 128 Å². The summed E-state index contributed by atoms with van der Waals surface area (Å²) in [5, 5.41) is 3.56. The molecule has 0 aliphatic carbocycles. The third-order valence-electron chi connectivity index (χ3n) is 3.03. The lowest BCUT2D eigenvalue weighted by atomic mass is 10.2. The van der Waals surface area contributed by atoms with E-state index in [-0.39, 0.29) is 11.3 Å². The number of hydrogen-bond donors (Lipinski definition) is 1. The number of anilines is 2. The van der Waals surface area contributed by atoms with Gasteiger partial charge >= 0.3 is 6.36 Å². The minimum atomic E-state index is -4.73. The Morgan fingerprint density at radius 1 is 0.913 bits per heavy atom. The molecule has 23 heavy (non-hydrogen) atoms. The Bertz CT molecular complexity index is 832. The molecule has 0 aliphatic heterocycles. The molecule has 0 bridgehead atoms. The van der Waals surface area contributed by atoms with Gasteiger partial charge in [0.1, 0.15) is 22.9 Å². The Hall–Kier alpha value is -2.83. The average molecular weight is 322 g/mol. The Kier molecular flexibility index (Phi) is 3.77. The number of benzene rings is 2. The standard InChI is InChI=1S/C16H10F4N2O/c17-13-3-1-2-10-4-9-14(22-15(10)13)21-11-5-7-12(8-6-11)23-16(18,19)20/h1-9H,(H,21,22). The van der Waals surface area contributed by atoms with Crippen LogP contribution in [0.4, 0.5) is 29.1 Å². The van der Waals surface area contributed by atoms with Crippen LogP contribution in [0.5, 0.6) is 5.75 Å². The highest BCUT2D eigenvalue weighted by molar-refractivity contribution is 5.81. The summed E-state index contributed by atoms with van der Waals surface area (Å²) in [6, 6.07) is 13.2. The van der Waals surface area contributed by atoms with Gasteiger partial charge in [0.25, 0.3) is 0 Å². The molecule has 7 heteroatoms. The first-order valence-corrected chi connectivity index (χ1v) is 6.59. The van der Waals surface area contributed by atoms with Gasteiger partial charge < -0.3 is 10.1 Å². The lowest BCUT2D eigenvalue weighted by Gasteiger charge is -2.10. The van der Waals surface area contributed by atoms with E-state index in [2.05, 4.69) is 15.0 Å². The third kappa shape index (κ3) is 3.68. The maximum Gasteiger partial charge on any atom is 0.573 e. The van der Waals surface area contributed by atoms with Gasteiger partial charge in [-0.15, -0.1) is 13.2 Å². The number of hydrogen-bond acceptors (Lipinski definition) is 3. The van der Waals surface area contributed by atoms with Crippen molar-refractivity contribution < 1.29 is 22.3 Å². The van der Waals surface area contributed by atoms with Gasteiger partial charge in [0, 0.05) is 11.1 Å². The maximum absolute atomic E-state index is 13.7. The molecule has 1 heterocycles. The summed E-state index contributed by atoms with van der Waals surface area (Å²) in [5.74, 6) is -0.382. The monoisotopic (exact) mass is 322 g/mol. The molecule has 1 aromatic heterocycles. The van der Waals surface area contributed by atoms with Crippen LogP contribution in [-0.4, -0.2) is 11.3 Å². The number of ether oxygens (including phenoxy) is 1. The van der Waals surface area contributed by atoms with E-state index in [1.54, 1.807) is 24.3 Å². The highest BCUT2D eigenvalue weighted by atomic mass is 19.4. The van der Waals surface area contributed by atoms with E-state index in [9.17, 15) is 17.6 Å². The van der Waals surface area contributed by atoms with Gasteiger partial charge in [-0.2, -0.15) is 0 Å². The number of rotatable bonds is 3. The van der Waals surface area contributed by atoms with E-state index in [0.29, 0.717) is 16.9 Å². The summed E-state index contributed by atoms with van der Waals surface area (Å²) in [6.45, 7) is 0. The Balaban J connectivity index is 1.80. The number of alkyl halides is 3. The van der Waals surface area contributed by atoms with Gasteiger partial charge in [-0.3, -0.25) is 0 Å². The summed E-state index contributed by atoms with van der Waals surface area (Å²) >= 11 is 0. The smallest absolute Gasteiger partial charge is 0.406 e. The molecule has 0 atom stereocenters. The first kappa shape index (κ1) is 15.1. The van der Waals surface area contributed by atoms with E-state index >= 15 is 0 Å². The van der Waals surface area contributed by atoms with Crippen molar-refractivity contribution in [1.82, 2.24) is 4.98 Å². The molecule has 0 saturated heterocycles. The molecule has 118 valence electrons. The normalized spacial score (nSPS) is 11.5. The van der Waals surface area contributed by atoms with Gasteiger partial charge in [0.05, 0.1) is 0 Å². The van der Waals surface area contributed by atoms with Crippen LogP contribution in [0.2, 0.25) is 0 Å². The lowest BCUT2D eigenvalue weighted by molar-refractivity contribution is -0.274. The van der Waals surface area contributed by atoms with Crippen LogP contribution in [0.15, 0.2) is 54.6 Å². The van der Waals surface area contributed by atoms with Crippen LogP contribution in [0.3, 0.4) is 0 Å². The number of nitrogens with one attached hydrogen (secondary N) is 1. The molecular weight excluding hydrogens is 312 g/mol. The van der Waals surface area contributed by atoms with Crippen molar-refractivity contribution in [2.24, 2.45) is 0 Å². The zero-order valence-corrected chi connectivity index (χ0v) is 11.6. The van der Waals surface area contributed by atoms with Crippen LogP contribution in [-0.2, 0) is 0 Å². The maximum atomic E-state index is 13.7. The number of aromatic nitrogens is 1. The Morgan fingerprint density at radius 3 is 2.35 bits per heavy atom. The third-order valence-corrected chi connectivity index (χ3v) is 3.03. The van der Waals surface area contributed by atoms with Gasteiger partial charge in [-0.05, 0) is 42.5 Å². The molecule has 3 aromatic rings. The van der Waals surface area contributed by atoms with E-state index in [1.165, 1.54) is 30.3 Å². The molecule has 0 radical (unpaired) electrons. The predicted molar refractivity (Wildman–Crippen MR) is 78.1 cm³/mol. The summed E-state index contributed by atoms with van der Waals surface area (Å²) < 4.78 is 53.8. The van der Waals surface area contributed by atoms with Crippen molar-refractivity contribution in [3.8, 4) is 5.75 Å². The Morgan fingerprint density at radius 2 is 1.65 bits per heavy atom. The van der Waals surface area contributed by atoms with E-state index < -0.39 is 12.2 Å². The predicted octanol–water partition coefficient (Wildman–Crippen LogP) is 5.02. The summed E-state index contributed by atoms with van der Waals surface area (Å²) in [4.78, 5) is 4.15. The summed E-state index contributed by atoms with van der Waals surface area (Å²) in [6.07, 6.45) is -4.73. The molecule has 0 saturated carbocycles. The first-order chi connectivity index (χ1) is 10.9. The lowest BCUT2D eigenvalue weighted by Crippen LogP contribution is -2.16. The second kappa shape index (κ2) is 5.75. The molecule has 0 spiro atoms. The van der Waals surface area contributed by atoms with Crippen LogP contribution in [0.1, 0.15) is 0 Å². The first-order valence-electron chi connectivity index (χ1n) is 6.59. The average Bonchev–Trinajstić information content (AvgIpc) is 2.49. The molecule has 0 amide bonds. The minimum absolute atomic E-state index is 0.217. The van der Waals surface area contributed by atoms with Crippen LogP contribution in [0.25, 0.3) is 10.9 Å². The largest absolute Gasteiger partial charge is 0.573 e. The van der Waals surface area contributed by atoms with Crippen molar-refractivity contribution in [2.45, 2.75) is 6.36 Å². The molecule has 3 nitrogen and oxygen atoms in total. The molecule has 0 aliphatic rings. The van der Waals surface area contributed by atoms with E-state index in [4.69, 9.17) is 0 Å². The molecule has 0 fully saturated rings.